The molecule has 1 heterocycles. The van der Waals surface area contributed by atoms with Crippen LogP contribution in [0.4, 0.5) is 17.3 Å². The molecule has 0 radical (unpaired) electrons. The summed E-state index contributed by atoms with van der Waals surface area (Å²) in [6, 6.07) is 5.71. The number of benzene rings is 1. The second-order valence-electron chi connectivity index (χ2n) is 5.26. The minimum absolute atomic E-state index is 0.676. The molecule has 0 saturated carbocycles. The fourth-order valence-corrected chi connectivity index (χ4v) is 2.55. The molecule has 0 fully saturated rings. The van der Waals surface area contributed by atoms with Crippen molar-refractivity contribution in [1.29, 1.82) is 0 Å². The van der Waals surface area contributed by atoms with Crippen LogP contribution in [0.5, 0.6) is 5.75 Å². The van der Waals surface area contributed by atoms with Gasteiger partial charge in [-0.1, -0.05) is 11.6 Å². The zero-order chi connectivity index (χ0) is 17.0. The molecule has 0 aliphatic heterocycles. The molecule has 0 spiro atoms. The highest BCUT2D eigenvalue weighted by molar-refractivity contribution is 6.31. The molecule has 0 bridgehead atoms. The smallest absolute Gasteiger partial charge is 0.143 e. The predicted octanol–water partition coefficient (Wildman–Crippen LogP) is 4.35. The van der Waals surface area contributed by atoms with E-state index < -0.39 is 0 Å². The fourth-order valence-electron chi connectivity index (χ4n) is 2.39. The Balaban J connectivity index is 2.39. The first-order chi connectivity index (χ1) is 11.0. The number of ether oxygens (including phenoxy) is 1. The molecular weight excluding hydrogens is 312 g/mol. The summed E-state index contributed by atoms with van der Waals surface area (Å²) in [6.45, 7) is 9.87. The van der Waals surface area contributed by atoms with Gasteiger partial charge in [-0.15, -0.1) is 0 Å². The summed E-state index contributed by atoms with van der Waals surface area (Å²) in [4.78, 5) is 11.2. The molecule has 0 atom stereocenters. The van der Waals surface area contributed by atoms with Crippen molar-refractivity contribution in [2.75, 3.05) is 30.4 Å². The number of hydrogen-bond acceptors (Lipinski definition) is 5. The summed E-state index contributed by atoms with van der Waals surface area (Å²) >= 11 is 6.16. The summed E-state index contributed by atoms with van der Waals surface area (Å²) in [5, 5.41) is 3.99. The Morgan fingerprint density at radius 3 is 2.43 bits per heavy atom. The maximum absolute atomic E-state index is 6.16. The first kappa shape index (κ1) is 17.3. The molecule has 0 aliphatic carbocycles. The maximum atomic E-state index is 6.16. The number of hydrogen-bond donors (Lipinski definition) is 1. The fraction of sp³-hybridized carbons (Fsp3) is 0.412. The lowest BCUT2D eigenvalue weighted by Gasteiger charge is -2.21. The van der Waals surface area contributed by atoms with E-state index in [-0.39, 0.29) is 0 Å². The maximum Gasteiger partial charge on any atom is 0.143 e. The van der Waals surface area contributed by atoms with E-state index >= 15 is 0 Å². The molecule has 1 aromatic heterocycles. The molecule has 0 aliphatic rings. The lowest BCUT2D eigenvalue weighted by atomic mass is 10.2. The second-order valence-corrected chi connectivity index (χ2v) is 5.66. The van der Waals surface area contributed by atoms with Crippen molar-refractivity contribution in [2.24, 2.45) is 0 Å². The molecule has 2 aromatic rings. The zero-order valence-electron chi connectivity index (χ0n) is 14.3. The van der Waals surface area contributed by atoms with Crippen molar-refractivity contribution >= 4 is 28.9 Å². The average Bonchev–Trinajstić information content (AvgIpc) is 2.51. The number of anilines is 3. The van der Waals surface area contributed by atoms with E-state index in [9.17, 15) is 0 Å². The van der Waals surface area contributed by atoms with Gasteiger partial charge >= 0.3 is 0 Å². The van der Waals surface area contributed by atoms with Gasteiger partial charge < -0.3 is 15.0 Å². The predicted molar refractivity (Wildman–Crippen MR) is 96.4 cm³/mol. The van der Waals surface area contributed by atoms with Gasteiger partial charge in [-0.2, -0.15) is 0 Å². The third-order valence-electron chi connectivity index (χ3n) is 3.66. The number of rotatable bonds is 6. The van der Waals surface area contributed by atoms with Crippen LogP contribution >= 0.6 is 11.6 Å². The Hall–Kier alpha value is -2.01. The number of aromatic nitrogens is 2. The normalized spacial score (nSPS) is 10.5. The number of nitrogens with zero attached hydrogens (tertiary/aromatic N) is 3. The van der Waals surface area contributed by atoms with Gasteiger partial charge in [0.15, 0.2) is 0 Å². The third-order valence-corrected chi connectivity index (χ3v) is 4.06. The summed E-state index contributed by atoms with van der Waals surface area (Å²) in [5.41, 5.74) is 1.81. The average molecular weight is 335 g/mol. The van der Waals surface area contributed by atoms with Crippen LogP contribution in [0.1, 0.15) is 25.2 Å². The second kappa shape index (κ2) is 7.51. The van der Waals surface area contributed by atoms with Crippen molar-refractivity contribution in [3.8, 4) is 5.75 Å². The quantitative estimate of drug-likeness (QED) is 0.851. The summed E-state index contributed by atoms with van der Waals surface area (Å²) in [6.07, 6.45) is 0. The first-order valence-electron chi connectivity index (χ1n) is 7.70. The lowest BCUT2D eigenvalue weighted by molar-refractivity contribution is 0.416. The minimum atomic E-state index is 0.676. The monoisotopic (exact) mass is 334 g/mol. The lowest BCUT2D eigenvalue weighted by Crippen LogP contribution is -2.23. The van der Waals surface area contributed by atoms with Gasteiger partial charge in [0.25, 0.3) is 0 Å². The molecular formula is C17H23ClN4O. The molecule has 0 saturated heterocycles. The van der Waals surface area contributed by atoms with Gasteiger partial charge in [0, 0.05) is 30.2 Å². The molecule has 0 amide bonds. The molecule has 1 aromatic carbocycles. The van der Waals surface area contributed by atoms with Crippen molar-refractivity contribution in [2.45, 2.75) is 27.7 Å². The van der Waals surface area contributed by atoms with Crippen LogP contribution < -0.4 is 15.0 Å². The highest BCUT2D eigenvalue weighted by Crippen LogP contribution is 2.33. The Morgan fingerprint density at radius 1 is 1.13 bits per heavy atom. The van der Waals surface area contributed by atoms with Gasteiger partial charge in [-0.25, -0.2) is 9.97 Å². The number of nitrogens with one attached hydrogen (secondary N) is 1. The molecule has 6 heteroatoms. The molecule has 23 heavy (non-hydrogen) atoms. The minimum Gasteiger partial charge on any atom is -0.495 e. The number of methoxy groups -OCH3 is 1. The van der Waals surface area contributed by atoms with Crippen LogP contribution in [-0.2, 0) is 0 Å². The SMILES string of the molecule is CCN(CC)c1cc(Nc2cc(C)c(Cl)cc2OC)nc(C)n1. The number of halogens is 1. The van der Waals surface area contributed by atoms with Gasteiger partial charge in [0.05, 0.1) is 12.8 Å². The Bertz CT molecular complexity index is 687. The molecule has 2 rings (SSSR count). The Morgan fingerprint density at radius 2 is 1.83 bits per heavy atom. The standard InChI is InChI=1S/C17H23ClN4O/c1-6-22(7-2)17-10-16(19-12(4)20-17)21-14-8-11(3)13(18)9-15(14)23-5/h8-10H,6-7H2,1-5H3,(H,19,20,21). The van der Waals surface area contributed by atoms with E-state index in [4.69, 9.17) is 16.3 Å². The van der Waals surface area contributed by atoms with E-state index in [1.807, 2.05) is 26.0 Å². The zero-order valence-corrected chi connectivity index (χ0v) is 15.0. The molecule has 0 unspecified atom stereocenters. The van der Waals surface area contributed by atoms with E-state index in [2.05, 4.69) is 34.0 Å². The largest absolute Gasteiger partial charge is 0.495 e. The summed E-state index contributed by atoms with van der Waals surface area (Å²) in [5.74, 6) is 3.05. The molecule has 124 valence electrons. The first-order valence-corrected chi connectivity index (χ1v) is 8.08. The van der Waals surface area contributed by atoms with Crippen molar-refractivity contribution in [1.82, 2.24) is 9.97 Å². The van der Waals surface area contributed by atoms with E-state index in [1.54, 1.807) is 13.2 Å². The van der Waals surface area contributed by atoms with Gasteiger partial charge in [-0.05, 0) is 39.3 Å². The molecule has 1 N–H and O–H groups in total. The van der Waals surface area contributed by atoms with Gasteiger partial charge in [0.1, 0.15) is 23.2 Å². The Labute approximate surface area is 142 Å². The van der Waals surface area contributed by atoms with Crippen LogP contribution in [0.15, 0.2) is 18.2 Å². The van der Waals surface area contributed by atoms with E-state index in [0.29, 0.717) is 10.8 Å². The van der Waals surface area contributed by atoms with Gasteiger partial charge in [-0.3, -0.25) is 0 Å². The summed E-state index contributed by atoms with van der Waals surface area (Å²) in [7, 11) is 1.62. The van der Waals surface area contributed by atoms with E-state index in [0.717, 1.165) is 41.8 Å². The van der Waals surface area contributed by atoms with Gasteiger partial charge in [0.2, 0.25) is 0 Å². The topological polar surface area (TPSA) is 50.3 Å². The highest BCUT2D eigenvalue weighted by Gasteiger charge is 2.11. The highest BCUT2D eigenvalue weighted by atomic mass is 35.5. The van der Waals surface area contributed by atoms with E-state index in [1.165, 1.54) is 0 Å². The van der Waals surface area contributed by atoms with Crippen LogP contribution in [0.2, 0.25) is 5.02 Å². The van der Waals surface area contributed by atoms with Crippen molar-refractivity contribution in [3.05, 3.63) is 34.6 Å². The van der Waals surface area contributed by atoms with Crippen molar-refractivity contribution < 1.29 is 4.74 Å². The van der Waals surface area contributed by atoms with Crippen molar-refractivity contribution in [3.63, 3.8) is 0 Å². The van der Waals surface area contributed by atoms with Crippen LogP contribution in [-0.4, -0.2) is 30.2 Å². The van der Waals surface area contributed by atoms with Crippen LogP contribution in [0.3, 0.4) is 0 Å². The van der Waals surface area contributed by atoms with Crippen LogP contribution in [0.25, 0.3) is 0 Å². The molecule has 5 nitrogen and oxygen atoms in total. The Kier molecular flexibility index (Phi) is 5.66. The number of aryl methyl sites for hydroxylation is 2. The summed E-state index contributed by atoms with van der Waals surface area (Å²) < 4.78 is 5.40. The van der Waals surface area contributed by atoms with Crippen LogP contribution in [0, 0.1) is 13.8 Å². The third kappa shape index (κ3) is 4.05.